The first-order chi connectivity index (χ1) is 11.6. The topological polar surface area (TPSA) is 57.0 Å². The molecule has 24 heavy (non-hydrogen) atoms. The number of thiazole rings is 1. The van der Waals surface area contributed by atoms with Crippen molar-refractivity contribution in [2.45, 2.75) is 19.6 Å². The van der Waals surface area contributed by atoms with E-state index in [1.807, 2.05) is 12.3 Å². The third-order valence-electron chi connectivity index (χ3n) is 3.59. The minimum Gasteiger partial charge on any atom is -0.375 e. The second-order valence-electron chi connectivity index (χ2n) is 5.28. The van der Waals surface area contributed by atoms with E-state index in [0.29, 0.717) is 5.69 Å². The Labute approximate surface area is 142 Å². The first-order valence-electron chi connectivity index (χ1n) is 7.38. The van der Waals surface area contributed by atoms with E-state index in [0.717, 1.165) is 16.3 Å². The van der Waals surface area contributed by atoms with Gasteiger partial charge in [0.15, 0.2) is 0 Å². The fraction of sp³-hybridized carbons (Fsp3) is 0.235. The van der Waals surface area contributed by atoms with Crippen LogP contribution >= 0.6 is 11.3 Å². The Balaban J connectivity index is 1.88. The molecule has 7 heteroatoms. The van der Waals surface area contributed by atoms with Crippen LogP contribution in [0.25, 0.3) is 11.3 Å². The first-order valence-corrected chi connectivity index (χ1v) is 8.26. The molecule has 5 nitrogen and oxygen atoms in total. The molecule has 0 unspecified atom stereocenters. The Morgan fingerprint density at radius 3 is 2.71 bits per heavy atom. The van der Waals surface area contributed by atoms with E-state index in [2.05, 4.69) is 10.1 Å². The second-order valence-corrected chi connectivity index (χ2v) is 6.17. The lowest BCUT2D eigenvalue weighted by Gasteiger charge is -2.06. The van der Waals surface area contributed by atoms with Gasteiger partial charge in [0, 0.05) is 24.1 Å². The van der Waals surface area contributed by atoms with Gasteiger partial charge in [-0.15, -0.1) is 11.3 Å². The number of benzene rings is 1. The van der Waals surface area contributed by atoms with Gasteiger partial charge in [-0.3, -0.25) is 4.79 Å². The molecule has 0 bridgehead atoms. The van der Waals surface area contributed by atoms with E-state index < -0.39 is 0 Å². The molecule has 2 aromatic heterocycles. The normalized spacial score (nSPS) is 12.3. The van der Waals surface area contributed by atoms with Crippen LogP contribution in [0.2, 0.25) is 0 Å². The van der Waals surface area contributed by atoms with Crippen molar-refractivity contribution in [2.75, 3.05) is 7.11 Å². The molecule has 0 radical (unpaired) electrons. The lowest BCUT2D eigenvalue weighted by molar-refractivity contribution is 0.119. The molecule has 0 spiro atoms. The van der Waals surface area contributed by atoms with Crippen LogP contribution in [0.4, 0.5) is 4.39 Å². The summed E-state index contributed by atoms with van der Waals surface area (Å²) in [4.78, 5) is 16.5. The molecule has 0 aliphatic rings. The van der Waals surface area contributed by atoms with E-state index in [4.69, 9.17) is 4.74 Å². The maximum atomic E-state index is 13.0. The quantitative estimate of drug-likeness (QED) is 0.712. The van der Waals surface area contributed by atoms with Gasteiger partial charge in [-0.05, 0) is 37.3 Å². The monoisotopic (exact) mass is 345 g/mol. The van der Waals surface area contributed by atoms with Crippen molar-refractivity contribution in [1.29, 1.82) is 0 Å². The van der Waals surface area contributed by atoms with Crippen molar-refractivity contribution in [3.8, 4) is 11.3 Å². The van der Waals surface area contributed by atoms with Gasteiger partial charge < -0.3 is 4.74 Å². The lowest BCUT2D eigenvalue weighted by Crippen LogP contribution is -2.23. The lowest BCUT2D eigenvalue weighted by atomic mass is 10.1. The third-order valence-corrected chi connectivity index (χ3v) is 4.64. The molecule has 0 aliphatic heterocycles. The summed E-state index contributed by atoms with van der Waals surface area (Å²) in [5, 5.41) is 7.11. The van der Waals surface area contributed by atoms with Gasteiger partial charge in [0.1, 0.15) is 16.9 Å². The number of nitrogens with zero attached hydrogens (tertiary/aromatic N) is 3. The second kappa shape index (κ2) is 7.02. The minimum atomic E-state index is -0.311. The molecule has 3 rings (SSSR count). The predicted octanol–water partition coefficient (Wildman–Crippen LogP) is 3.26. The zero-order valence-corrected chi connectivity index (χ0v) is 14.1. The highest BCUT2D eigenvalue weighted by Crippen LogP contribution is 2.21. The SMILES string of the molecule is CO[C@H](C)c1nc(Cn2nc(-c3ccc(F)cc3)ccc2=O)cs1. The maximum absolute atomic E-state index is 13.0. The molecule has 0 N–H and O–H groups in total. The summed E-state index contributed by atoms with van der Waals surface area (Å²) >= 11 is 1.49. The van der Waals surface area contributed by atoms with Crippen LogP contribution in [-0.4, -0.2) is 21.9 Å². The number of methoxy groups -OCH3 is 1. The fourth-order valence-corrected chi connectivity index (χ4v) is 3.01. The van der Waals surface area contributed by atoms with E-state index >= 15 is 0 Å². The average molecular weight is 345 g/mol. The highest BCUT2D eigenvalue weighted by Gasteiger charge is 2.11. The summed E-state index contributed by atoms with van der Waals surface area (Å²) in [6, 6.07) is 9.08. The standard InChI is InChI=1S/C17H16FN3O2S/c1-11(23-2)17-19-14(10-24-17)9-21-16(22)8-7-15(20-21)12-3-5-13(18)6-4-12/h3-8,10-11H,9H2,1-2H3/t11-/m1/s1. The van der Waals surface area contributed by atoms with Crippen molar-refractivity contribution in [1.82, 2.24) is 14.8 Å². The molecule has 1 atom stereocenters. The molecule has 0 saturated heterocycles. The number of halogens is 1. The van der Waals surface area contributed by atoms with E-state index in [1.165, 1.54) is 34.2 Å². The third kappa shape index (κ3) is 3.58. The highest BCUT2D eigenvalue weighted by molar-refractivity contribution is 7.09. The van der Waals surface area contributed by atoms with Gasteiger partial charge in [-0.1, -0.05) is 0 Å². The zero-order valence-electron chi connectivity index (χ0n) is 13.3. The van der Waals surface area contributed by atoms with Crippen molar-refractivity contribution in [2.24, 2.45) is 0 Å². The Hall–Kier alpha value is -2.38. The molecular formula is C17H16FN3O2S. The Morgan fingerprint density at radius 1 is 1.25 bits per heavy atom. The van der Waals surface area contributed by atoms with Crippen LogP contribution in [0.3, 0.4) is 0 Å². The number of ether oxygens (including phenoxy) is 1. The molecule has 0 saturated carbocycles. The summed E-state index contributed by atoms with van der Waals surface area (Å²) < 4.78 is 19.6. The molecule has 1 aromatic carbocycles. The van der Waals surface area contributed by atoms with Gasteiger partial charge in [-0.2, -0.15) is 5.10 Å². The first kappa shape index (κ1) is 16.5. The van der Waals surface area contributed by atoms with Crippen molar-refractivity contribution in [3.63, 3.8) is 0 Å². The van der Waals surface area contributed by atoms with Gasteiger partial charge in [-0.25, -0.2) is 14.1 Å². The van der Waals surface area contributed by atoms with Gasteiger partial charge >= 0.3 is 0 Å². The van der Waals surface area contributed by atoms with Crippen LogP contribution in [0.15, 0.2) is 46.6 Å². The molecule has 3 aromatic rings. The summed E-state index contributed by atoms with van der Waals surface area (Å²) in [5.74, 6) is -0.311. The van der Waals surface area contributed by atoms with Crippen molar-refractivity contribution < 1.29 is 9.13 Å². The van der Waals surface area contributed by atoms with E-state index in [9.17, 15) is 9.18 Å². The average Bonchev–Trinajstić information content (AvgIpc) is 3.05. The molecule has 0 amide bonds. The molecule has 0 aliphatic carbocycles. The van der Waals surface area contributed by atoms with Crippen LogP contribution in [0.5, 0.6) is 0 Å². The van der Waals surface area contributed by atoms with E-state index in [1.54, 1.807) is 25.3 Å². The number of aromatic nitrogens is 3. The Bertz CT molecular complexity index is 889. The van der Waals surface area contributed by atoms with Crippen LogP contribution < -0.4 is 5.56 Å². The highest BCUT2D eigenvalue weighted by atomic mass is 32.1. The molecule has 124 valence electrons. The van der Waals surface area contributed by atoms with Gasteiger partial charge in [0.05, 0.1) is 17.9 Å². The molecule has 0 fully saturated rings. The largest absolute Gasteiger partial charge is 0.375 e. The molecule has 2 heterocycles. The maximum Gasteiger partial charge on any atom is 0.267 e. The summed E-state index contributed by atoms with van der Waals surface area (Å²) in [5.41, 5.74) is 1.90. The predicted molar refractivity (Wildman–Crippen MR) is 90.5 cm³/mol. The van der Waals surface area contributed by atoms with Gasteiger partial charge in [0.2, 0.25) is 0 Å². The van der Waals surface area contributed by atoms with Gasteiger partial charge in [0.25, 0.3) is 5.56 Å². The summed E-state index contributed by atoms with van der Waals surface area (Å²) in [6.45, 7) is 2.20. The zero-order chi connectivity index (χ0) is 17.1. The summed E-state index contributed by atoms with van der Waals surface area (Å²) in [7, 11) is 1.63. The number of hydrogen-bond acceptors (Lipinski definition) is 5. The smallest absolute Gasteiger partial charge is 0.267 e. The number of hydrogen-bond donors (Lipinski definition) is 0. The van der Waals surface area contributed by atoms with Crippen LogP contribution in [0.1, 0.15) is 23.7 Å². The Morgan fingerprint density at radius 2 is 2.00 bits per heavy atom. The Kier molecular flexibility index (Phi) is 4.82. The fourth-order valence-electron chi connectivity index (χ4n) is 2.17. The number of rotatable bonds is 5. The minimum absolute atomic E-state index is 0.0843. The molecular weight excluding hydrogens is 329 g/mol. The van der Waals surface area contributed by atoms with Crippen molar-refractivity contribution >= 4 is 11.3 Å². The van der Waals surface area contributed by atoms with E-state index in [-0.39, 0.29) is 24.0 Å². The van der Waals surface area contributed by atoms with Crippen LogP contribution in [-0.2, 0) is 11.3 Å². The summed E-state index contributed by atoms with van der Waals surface area (Å²) in [6.07, 6.45) is -0.0843. The van der Waals surface area contributed by atoms with Crippen molar-refractivity contribution in [3.05, 3.63) is 68.7 Å². The van der Waals surface area contributed by atoms with Crippen LogP contribution in [0, 0.1) is 5.82 Å².